The van der Waals surface area contributed by atoms with Crippen molar-refractivity contribution in [3.63, 3.8) is 0 Å². The van der Waals surface area contributed by atoms with Crippen LogP contribution in [0.2, 0.25) is 0 Å². The Morgan fingerprint density at radius 1 is 1.21 bits per heavy atom. The first-order valence-electron chi connectivity index (χ1n) is 4.96. The molecule has 19 heavy (non-hydrogen) atoms. The Kier molecular flexibility index (Phi) is 2.89. The fourth-order valence-corrected chi connectivity index (χ4v) is 1.54. The van der Waals surface area contributed by atoms with Crippen LogP contribution in [0.25, 0.3) is 11.1 Å². The Balaban J connectivity index is 2.46. The van der Waals surface area contributed by atoms with Gasteiger partial charge in [0, 0.05) is 0 Å². The highest BCUT2D eigenvalue weighted by atomic mass is 19.4. The van der Waals surface area contributed by atoms with Crippen LogP contribution in [0.15, 0.2) is 27.4 Å². The van der Waals surface area contributed by atoms with Gasteiger partial charge in [-0.25, -0.2) is 4.79 Å². The molecule has 0 aliphatic rings. The van der Waals surface area contributed by atoms with Crippen LogP contribution in [0.4, 0.5) is 22.0 Å². The highest BCUT2D eigenvalue weighted by Gasteiger charge is 2.61. The van der Waals surface area contributed by atoms with Gasteiger partial charge in [0.15, 0.2) is 5.58 Å². The third-order valence-corrected chi connectivity index (χ3v) is 2.57. The molecule has 2 rings (SSSR count). The summed E-state index contributed by atoms with van der Waals surface area (Å²) in [6.45, 7) is 0. The molecule has 0 bridgehead atoms. The number of hydrogen-bond donors (Lipinski definition) is 2. The van der Waals surface area contributed by atoms with E-state index in [4.69, 9.17) is 5.73 Å². The maximum absolute atomic E-state index is 13.1. The maximum Gasteiger partial charge on any atom is 0.455 e. The van der Waals surface area contributed by atoms with Crippen LogP contribution in [0.5, 0.6) is 0 Å². The average molecular weight is 282 g/mol. The van der Waals surface area contributed by atoms with E-state index in [1.54, 1.807) is 0 Å². The van der Waals surface area contributed by atoms with E-state index in [9.17, 15) is 26.7 Å². The van der Waals surface area contributed by atoms with E-state index in [1.165, 1.54) is 0 Å². The van der Waals surface area contributed by atoms with Gasteiger partial charge in [-0.15, -0.1) is 0 Å². The molecule has 2 aromatic rings. The zero-order valence-corrected chi connectivity index (χ0v) is 9.09. The normalized spacial score (nSPS) is 14.8. The van der Waals surface area contributed by atoms with E-state index >= 15 is 0 Å². The first-order chi connectivity index (χ1) is 8.63. The molecular formula is C10H7F5N2O2. The van der Waals surface area contributed by atoms with Crippen molar-refractivity contribution in [1.29, 1.82) is 0 Å². The molecule has 1 atom stereocenters. The minimum Gasteiger partial charge on any atom is -0.408 e. The van der Waals surface area contributed by atoms with E-state index in [-0.39, 0.29) is 11.1 Å². The average Bonchev–Trinajstić information content (AvgIpc) is 2.65. The summed E-state index contributed by atoms with van der Waals surface area (Å²) in [5.74, 6) is -5.93. The summed E-state index contributed by atoms with van der Waals surface area (Å²) in [7, 11) is 0. The molecule has 104 valence electrons. The molecule has 0 aliphatic heterocycles. The van der Waals surface area contributed by atoms with Crippen molar-refractivity contribution >= 4 is 11.1 Å². The number of alkyl halides is 5. The lowest BCUT2D eigenvalue weighted by Gasteiger charge is -2.25. The number of hydrogen-bond acceptors (Lipinski definition) is 3. The summed E-state index contributed by atoms with van der Waals surface area (Å²) < 4.78 is 67.2. The fourth-order valence-electron chi connectivity index (χ4n) is 1.54. The molecule has 3 N–H and O–H groups in total. The maximum atomic E-state index is 13.1. The fraction of sp³-hybridized carbons (Fsp3) is 0.300. The van der Waals surface area contributed by atoms with E-state index in [0.717, 1.165) is 18.2 Å². The number of benzene rings is 1. The Bertz CT molecular complexity index is 658. The van der Waals surface area contributed by atoms with Gasteiger partial charge in [0.25, 0.3) is 0 Å². The SMILES string of the molecule is NC(c1ccc2[nH]c(=O)oc2c1)C(F)(F)C(F)(F)F. The van der Waals surface area contributed by atoms with Gasteiger partial charge in [-0.3, -0.25) is 4.98 Å². The molecule has 1 aromatic heterocycles. The second-order valence-electron chi connectivity index (χ2n) is 3.87. The van der Waals surface area contributed by atoms with Crippen LogP contribution in [-0.4, -0.2) is 17.1 Å². The molecule has 4 nitrogen and oxygen atoms in total. The van der Waals surface area contributed by atoms with Gasteiger partial charge in [-0.2, -0.15) is 22.0 Å². The first-order valence-corrected chi connectivity index (χ1v) is 4.96. The molecule has 1 aromatic carbocycles. The zero-order valence-electron chi connectivity index (χ0n) is 9.09. The second kappa shape index (κ2) is 4.05. The molecule has 0 saturated heterocycles. The zero-order chi connectivity index (χ0) is 14.4. The van der Waals surface area contributed by atoms with Gasteiger partial charge in [-0.05, 0) is 17.7 Å². The predicted molar refractivity (Wildman–Crippen MR) is 54.8 cm³/mol. The summed E-state index contributed by atoms with van der Waals surface area (Å²) in [5.41, 5.74) is 4.50. The van der Waals surface area contributed by atoms with Gasteiger partial charge >= 0.3 is 17.9 Å². The van der Waals surface area contributed by atoms with Crippen molar-refractivity contribution < 1.29 is 26.4 Å². The monoisotopic (exact) mass is 282 g/mol. The quantitative estimate of drug-likeness (QED) is 0.830. The standard InChI is InChI=1S/C10H7F5N2O2/c11-9(12,10(13,14)15)7(16)4-1-2-5-6(3-4)19-8(18)17-5/h1-3,7H,16H2,(H,17,18). The number of aromatic nitrogens is 1. The first kappa shape index (κ1) is 13.5. The third kappa shape index (κ3) is 2.21. The molecule has 1 heterocycles. The topological polar surface area (TPSA) is 72.0 Å². The molecule has 9 heteroatoms. The lowest BCUT2D eigenvalue weighted by molar-refractivity contribution is -0.290. The van der Waals surface area contributed by atoms with Crippen LogP contribution in [0, 0.1) is 0 Å². The summed E-state index contributed by atoms with van der Waals surface area (Å²) in [6, 6.07) is 0.398. The van der Waals surface area contributed by atoms with Crippen molar-refractivity contribution in [1.82, 2.24) is 4.98 Å². The van der Waals surface area contributed by atoms with Gasteiger partial charge in [0.2, 0.25) is 0 Å². The Morgan fingerprint density at radius 2 is 1.84 bits per heavy atom. The predicted octanol–water partition coefficient (Wildman–Crippen LogP) is 2.32. The minimum atomic E-state index is -5.76. The highest BCUT2D eigenvalue weighted by molar-refractivity contribution is 5.72. The Hall–Kier alpha value is -1.90. The third-order valence-electron chi connectivity index (χ3n) is 2.57. The van der Waals surface area contributed by atoms with Crippen molar-refractivity contribution in [2.45, 2.75) is 18.1 Å². The summed E-state index contributed by atoms with van der Waals surface area (Å²) >= 11 is 0. The van der Waals surface area contributed by atoms with Gasteiger partial charge in [-0.1, -0.05) is 6.07 Å². The minimum absolute atomic E-state index is 0.143. The van der Waals surface area contributed by atoms with Crippen LogP contribution in [-0.2, 0) is 0 Å². The molecule has 1 unspecified atom stereocenters. The number of aromatic amines is 1. The number of fused-ring (bicyclic) bond motifs is 1. The number of oxazole rings is 1. The molecule has 0 spiro atoms. The number of nitrogens with two attached hydrogens (primary N) is 1. The van der Waals surface area contributed by atoms with Crippen molar-refractivity contribution in [2.24, 2.45) is 5.73 Å². The lowest BCUT2D eigenvalue weighted by Crippen LogP contribution is -2.45. The summed E-state index contributed by atoms with van der Waals surface area (Å²) in [4.78, 5) is 13.1. The molecular weight excluding hydrogens is 275 g/mol. The van der Waals surface area contributed by atoms with Crippen LogP contribution in [0.3, 0.4) is 0 Å². The second-order valence-corrected chi connectivity index (χ2v) is 3.87. The van der Waals surface area contributed by atoms with Gasteiger partial charge in [0.1, 0.15) is 6.04 Å². The Morgan fingerprint density at radius 3 is 2.42 bits per heavy atom. The number of halogens is 5. The highest BCUT2D eigenvalue weighted by Crippen LogP contribution is 2.43. The van der Waals surface area contributed by atoms with Crippen molar-refractivity contribution in [3.8, 4) is 0 Å². The van der Waals surface area contributed by atoms with Crippen LogP contribution >= 0.6 is 0 Å². The van der Waals surface area contributed by atoms with Crippen LogP contribution < -0.4 is 11.5 Å². The number of H-pyrrole nitrogens is 1. The number of rotatable bonds is 2. The van der Waals surface area contributed by atoms with E-state index < -0.39 is 29.5 Å². The molecule has 0 saturated carbocycles. The number of nitrogens with one attached hydrogen (secondary N) is 1. The summed E-state index contributed by atoms with van der Waals surface area (Å²) in [5, 5.41) is 0. The molecule has 0 fully saturated rings. The van der Waals surface area contributed by atoms with E-state index in [2.05, 4.69) is 9.40 Å². The van der Waals surface area contributed by atoms with Gasteiger partial charge < -0.3 is 10.2 Å². The largest absolute Gasteiger partial charge is 0.455 e. The smallest absolute Gasteiger partial charge is 0.408 e. The van der Waals surface area contributed by atoms with Crippen molar-refractivity contribution in [2.75, 3.05) is 0 Å². The van der Waals surface area contributed by atoms with Crippen LogP contribution in [0.1, 0.15) is 11.6 Å². The van der Waals surface area contributed by atoms with Crippen molar-refractivity contribution in [3.05, 3.63) is 34.3 Å². The molecule has 0 aliphatic carbocycles. The van der Waals surface area contributed by atoms with Gasteiger partial charge in [0.05, 0.1) is 5.52 Å². The molecule has 0 amide bonds. The molecule has 0 radical (unpaired) electrons. The lowest BCUT2D eigenvalue weighted by atomic mass is 10.0. The van der Waals surface area contributed by atoms with E-state index in [1.807, 2.05) is 0 Å². The van der Waals surface area contributed by atoms with E-state index in [0.29, 0.717) is 0 Å². The summed E-state index contributed by atoms with van der Waals surface area (Å²) in [6.07, 6.45) is -5.76. The Labute approximate surface area is 102 Å².